The quantitative estimate of drug-likeness (QED) is 0.230. The van der Waals surface area contributed by atoms with Gasteiger partial charge in [0.1, 0.15) is 11.5 Å². The van der Waals surface area contributed by atoms with Gasteiger partial charge in [0.05, 0.1) is 18.2 Å². The number of hydrogen-bond acceptors (Lipinski definition) is 6. The van der Waals surface area contributed by atoms with Crippen LogP contribution in [-0.4, -0.2) is 46.8 Å². The number of nitrogens with one attached hydrogen (secondary N) is 2. The van der Waals surface area contributed by atoms with Gasteiger partial charge in [-0.3, -0.25) is 9.78 Å². The van der Waals surface area contributed by atoms with E-state index in [-0.39, 0.29) is 18.6 Å². The predicted octanol–water partition coefficient (Wildman–Crippen LogP) is 4.66. The number of aliphatic hydroxyl groups excluding tert-OH is 2. The lowest BCUT2D eigenvalue weighted by molar-refractivity contribution is 0.0956. The summed E-state index contributed by atoms with van der Waals surface area (Å²) >= 11 is 6.01. The van der Waals surface area contributed by atoms with Gasteiger partial charge in [0, 0.05) is 41.3 Å². The van der Waals surface area contributed by atoms with Gasteiger partial charge in [-0.15, -0.1) is 0 Å². The third-order valence-corrected chi connectivity index (χ3v) is 6.22. The fourth-order valence-corrected chi connectivity index (χ4v) is 4.23. The van der Waals surface area contributed by atoms with Crippen molar-refractivity contribution in [3.05, 3.63) is 101 Å². The summed E-state index contributed by atoms with van der Waals surface area (Å²) in [5.74, 6) is 1.17. The fourth-order valence-electron chi connectivity index (χ4n) is 4.03. The first kappa shape index (κ1) is 26.6. The van der Waals surface area contributed by atoms with E-state index in [4.69, 9.17) is 16.3 Å². The van der Waals surface area contributed by atoms with Gasteiger partial charge in [0.25, 0.3) is 5.91 Å². The van der Waals surface area contributed by atoms with E-state index >= 15 is 0 Å². The minimum absolute atomic E-state index is 0.0677. The summed E-state index contributed by atoms with van der Waals surface area (Å²) in [4.78, 5) is 16.5. The van der Waals surface area contributed by atoms with Crippen LogP contribution in [0.4, 0.5) is 0 Å². The minimum atomic E-state index is -0.726. The first-order chi connectivity index (χ1) is 18.0. The van der Waals surface area contributed by atoms with Crippen LogP contribution >= 0.6 is 11.6 Å². The third kappa shape index (κ3) is 7.05. The van der Waals surface area contributed by atoms with Crippen molar-refractivity contribution in [2.75, 3.05) is 19.7 Å². The molecule has 0 aliphatic heterocycles. The normalized spacial score (nSPS) is 12.8. The number of pyridine rings is 1. The first-order valence-corrected chi connectivity index (χ1v) is 12.6. The maximum absolute atomic E-state index is 12.1. The molecular weight excluding hydrogens is 490 g/mol. The number of carbonyl (C=O) groups excluding carboxylic acids is 1. The molecule has 0 aliphatic rings. The van der Waals surface area contributed by atoms with Crippen LogP contribution in [0.1, 0.15) is 34.5 Å². The number of carbonyl (C=O) groups is 1. The van der Waals surface area contributed by atoms with Gasteiger partial charge in [0.2, 0.25) is 0 Å². The maximum atomic E-state index is 12.1. The molecule has 0 unspecified atom stereocenters. The molecule has 0 saturated heterocycles. The Balaban J connectivity index is 1.38. The Morgan fingerprint density at radius 3 is 2.62 bits per heavy atom. The summed E-state index contributed by atoms with van der Waals surface area (Å²) in [5, 5.41) is 27.6. The monoisotopic (exact) mass is 519 g/mol. The van der Waals surface area contributed by atoms with Gasteiger partial charge in [-0.25, -0.2) is 0 Å². The topological polar surface area (TPSA) is 104 Å². The molecule has 3 aromatic carbocycles. The second-order valence-electron chi connectivity index (χ2n) is 8.71. The van der Waals surface area contributed by atoms with Gasteiger partial charge in [0.15, 0.2) is 0 Å². The van der Waals surface area contributed by atoms with Crippen molar-refractivity contribution < 1.29 is 19.7 Å². The van der Waals surface area contributed by atoms with Crippen LogP contribution in [0.15, 0.2) is 79.0 Å². The highest BCUT2D eigenvalue weighted by atomic mass is 35.5. The summed E-state index contributed by atoms with van der Waals surface area (Å²) in [6.07, 6.45) is 1.51. The van der Waals surface area contributed by atoms with Crippen LogP contribution in [0, 0.1) is 0 Å². The molecule has 1 heterocycles. The molecule has 4 rings (SSSR count). The van der Waals surface area contributed by atoms with Gasteiger partial charge in [-0.2, -0.15) is 0 Å². The fraction of sp³-hybridized carbons (Fsp3) is 0.241. The summed E-state index contributed by atoms with van der Waals surface area (Å²) in [5.41, 5.74) is 2.97. The molecule has 0 radical (unpaired) electrons. The second-order valence-corrected chi connectivity index (χ2v) is 9.15. The number of amides is 1. The number of nitrogens with zero attached hydrogens (tertiary/aromatic N) is 1. The standard InChI is InChI=1S/C29H30ClN3O4/c1-2-31-29(36)21-8-11-25-26(16-21)32-13-12-28(25)37-24-9-6-19(7-10-24)14-23(18-34)33-17-27(35)20-4-3-5-22(30)15-20/h3-13,15-16,23,27,33-35H,2,14,17-18H2,1H3,(H,31,36)/t23-,27+/m0/s1. The van der Waals surface area contributed by atoms with Crippen molar-refractivity contribution in [2.24, 2.45) is 0 Å². The van der Waals surface area contributed by atoms with E-state index in [0.717, 1.165) is 16.5 Å². The number of hydrogen-bond donors (Lipinski definition) is 4. The summed E-state index contributed by atoms with van der Waals surface area (Å²) in [6.45, 7) is 2.66. The number of halogens is 1. The molecule has 0 bridgehead atoms. The van der Waals surface area contributed by atoms with Crippen molar-refractivity contribution in [1.82, 2.24) is 15.6 Å². The van der Waals surface area contributed by atoms with Crippen molar-refractivity contribution >= 4 is 28.4 Å². The molecule has 4 aromatic rings. The summed E-state index contributed by atoms with van der Waals surface area (Å²) in [6, 6.07) is 21.7. The molecule has 0 saturated carbocycles. The van der Waals surface area contributed by atoms with Crippen LogP contribution in [-0.2, 0) is 6.42 Å². The zero-order valence-electron chi connectivity index (χ0n) is 20.5. The zero-order chi connectivity index (χ0) is 26.2. The third-order valence-electron chi connectivity index (χ3n) is 5.99. The van der Waals surface area contributed by atoms with E-state index in [1.54, 1.807) is 42.6 Å². The number of benzene rings is 3. The molecule has 7 nitrogen and oxygen atoms in total. The van der Waals surface area contributed by atoms with Crippen molar-refractivity contribution in [2.45, 2.75) is 25.5 Å². The van der Waals surface area contributed by atoms with Crippen molar-refractivity contribution in [3.63, 3.8) is 0 Å². The van der Waals surface area contributed by atoms with Crippen LogP contribution in [0.2, 0.25) is 5.02 Å². The SMILES string of the molecule is CCNC(=O)c1ccc2c(Oc3ccc(C[C@@H](CO)NC[C@@H](O)c4cccc(Cl)c4)cc3)ccnc2c1. The first-order valence-electron chi connectivity index (χ1n) is 12.2. The molecule has 37 heavy (non-hydrogen) atoms. The van der Waals surface area contributed by atoms with Crippen LogP contribution in [0.3, 0.4) is 0 Å². The highest BCUT2D eigenvalue weighted by Gasteiger charge is 2.14. The van der Waals surface area contributed by atoms with E-state index in [2.05, 4.69) is 15.6 Å². The van der Waals surface area contributed by atoms with E-state index in [1.807, 2.05) is 43.3 Å². The lowest BCUT2D eigenvalue weighted by Gasteiger charge is -2.19. The van der Waals surface area contributed by atoms with E-state index < -0.39 is 6.10 Å². The van der Waals surface area contributed by atoms with Crippen molar-refractivity contribution in [1.29, 1.82) is 0 Å². The molecule has 0 spiro atoms. The molecule has 8 heteroatoms. The molecular formula is C29H30ClN3O4. The number of fused-ring (bicyclic) bond motifs is 1. The number of aliphatic hydroxyl groups is 2. The van der Waals surface area contributed by atoms with E-state index in [9.17, 15) is 15.0 Å². The second kappa shape index (κ2) is 12.7. The van der Waals surface area contributed by atoms with Gasteiger partial charge in [-0.1, -0.05) is 35.9 Å². The molecule has 2 atom stereocenters. The minimum Gasteiger partial charge on any atom is -0.457 e. The Labute approximate surface area is 221 Å². The average molecular weight is 520 g/mol. The highest BCUT2D eigenvalue weighted by Crippen LogP contribution is 2.29. The lowest BCUT2D eigenvalue weighted by atomic mass is 10.0. The predicted molar refractivity (Wildman–Crippen MR) is 145 cm³/mol. The average Bonchev–Trinajstić information content (AvgIpc) is 2.91. The van der Waals surface area contributed by atoms with Crippen LogP contribution in [0.5, 0.6) is 11.5 Å². The van der Waals surface area contributed by atoms with E-state index in [1.165, 1.54) is 0 Å². The van der Waals surface area contributed by atoms with Gasteiger partial charge in [-0.05, 0) is 73.0 Å². The lowest BCUT2D eigenvalue weighted by Crippen LogP contribution is -2.37. The summed E-state index contributed by atoms with van der Waals surface area (Å²) in [7, 11) is 0. The Bertz CT molecular complexity index is 1350. The van der Waals surface area contributed by atoms with Gasteiger partial charge >= 0.3 is 0 Å². The maximum Gasteiger partial charge on any atom is 0.251 e. The largest absolute Gasteiger partial charge is 0.457 e. The Morgan fingerprint density at radius 2 is 1.89 bits per heavy atom. The molecule has 4 N–H and O–H groups in total. The molecule has 0 aliphatic carbocycles. The zero-order valence-corrected chi connectivity index (χ0v) is 21.3. The van der Waals surface area contributed by atoms with E-state index in [0.29, 0.717) is 47.1 Å². The Kier molecular flexibility index (Phi) is 9.09. The Hall–Kier alpha value is -3.49. The smallest absolute Gasteiger partial charge is 0.251 e. The molecule has 0 fully saturated rings. The Morgan fingerprint density at radius 1 is 1.08 bits per heavy atom. The molecule has 1 aromatic heterocycles. The number of aromatic nitrogens is 1. The number of ether oxygens (including phenoxy) is 1. The molecule has 192 valence electrons. The van der Waals surface area contributed by atoms with Crippen molar-refractivity contribution in [3.8, 4) is 11.5 Å². The van der Waals surface area contributed by atoms with Gasteiger partial charge < -0.3 is 25.6 Å². The summed E-state index contributed by atoms with van der Waals surface area (Å²) < 4.78 is 6.11. The van der Waals surface area contributed by atoms with Crippen LogP contribution in [0.25, 0.3) is 10.9 Å². The molecule has 1 amide bonds. The highest BCUT2D eigenvalue weighted by molar-refractivity contribution is 6.30. The van der Waals surface area contributed by atoms with Crippen LogP contribution < -0.4 is 15.4 Å². The number of rotatable bonds is 11.